The first-order valence-corrected chi connectivity index (χ1v) is 13.9. The van der Waals surface area contributed by atoms with Gasteiger partial charge >= 0.3 is 0 Å². The number of hydrogen-bond acceptors (Lipinski definition) is 8. The van der Waals surface area contributed by atoms with Gasteiger partial charge in [-0.15, -0.1) is 0 Å². The maximum atomic E-state index is 13.1. The van der Waals surface area contributed by atoms with E-state index >= 15 is 0 Å². The first-order chi connectivity index (χ1) is 18.8. The molecule has 2 aromatic heterocycles. The van der Waals surface area contributed by atoms with Crippen molar-refractivity contribution in [2.75, 3.05) is 40.3 Å². The Morgan fingerprint density at radius 1 is 1.10 bits per heavy atom. The second-order valence-electron chi connectivity index (χ2n) is 9.31. The van der Waals surface area contributed by atoms with Crippen LogP contribution < -0.4 is 15.6 Å². The van der Waals surface area contributed by atoms with E-state index in [1.54, 1.807) is 31.4 Å². The number of carbonyl (C=O) groups is 1. The summed E-state index contributed by atoms with van der Waals surface area (Å²) in [7, 11) is -0.120. The number of aromatic amines is 1. The van der Waals surface area contributed by atoms with Gasteiger partial charge in [0.05, 0.1) is 18.4 Å². The van der Waals surface area contributed by atoms with E-state index in [9.17, 15) is 18.3 Å². The molecule has 12 heteroatoms. The normalized spacial score (nSPS) is 14.9. The van der Waals surface area contributed by atoms with Gasteiger partial charge in [0.15, 0.2) is 5.88 Å². The molecule has 0 unspecified atom stereocenters. The van der Waals surface area contributed by atoms with Gasteiger partial charge in [0.2, 0.25) is 10.0 Å². The molecule has 2 aromatic carbocycles. The number of aromatic nitrogens is 2. The van der Waals surface area contributed by atoms with Crippen molar-refractivity contribution in [2.45, 2.75) is 11.4 Å². The molecule has 0 saturated carbocycles. The monoisotopic (exact) mass is 550 g/mol. The molecule has 1 aliphatic heterocycles. The van der Waals surface area contributed by atoms with Gasteiger partial charge in [-0.1, -0.05) is 18.2 Å². The lowest BCUT2D eigenvalue weighted by atomic mass is 10.1. The van der Waals surface area contributed by atoms with E-state index in [2.05, 4.69) is 25.7 Å². The van der Waals surface area contributed by atoms with Crippen molar-refractivity contribution in [1.82, 2.24) is 30.0 Å². The fraction of sp³-hybridized carbons (Fsp3) is 0.259. The molecule has 0 bridgehead atoms. The van der Waals surface area contributed by atoms with Gasteiger partial charge in [-0.2, -0.15) is 4.31 Å². The highest BCUT2D eigenvalue weighted by molar-refractivity contribution is 7.89. The lowest BCUT2D eigenvalue weighted by molar-refractivity contribution is 0.0932. The highest BCUT2D eigenvalue weighted by Gasteiger charge is 2.28. The van der Waals surface area contributed by atoms with Crippen LogP contribution >= 0.6 is 0 Å². The van der Waals surface area contributed by atoms with Crippen LogP contribution in [0.4, 0.5) is 0 Å². The van der Waals surface area contributed by atoms with Gasteiger partial charge in [-0.25, -0.2) is 13.8 Å². The Balaban J connectivity index is 1.34. The maximum absolute atomic E-state index is 13.1. The zero-order valence-corrected chi connectivity index (χ0v) is 22.5. The predicted molar refractivity (Wildman–Crippen MR) is 147 cm³/mol. The molecule has 3 heterocycles. The number of rotatable bonds is 8. The van der Waals surface area contributed by atoms with Crippen LogP contribution in [-0.4, -0.2) is 78.9 Å². The zero-order valence-electron chi connectivity index (χ0n) is 21.6. The summed E-state index contributed by atoms with van der Waals surface area (Å²) in [5.74, 6) is 0.224. The number of amides is 1. The number of para-hydroxylation sites is 1. The molecule has 0 radical (unpaired) electrons. The van der Waals surface area contributed by atoms with E-state index < -0.39 is 10.0 Å². The maximum Gasteiger partial charge on any atom is 0.265 e. The van der Waals surface area contributed by atoms with Crippen molar-refractivity contribution in [3.8, 4) is 22.9 Å². The summed E-state index contributed by atoms with van der Waals surface area (Å²) in [6.07, 6.45) is 1.31. The molecular weight excluding hydrogens is 520 g/mol. The van der Waals surface area contributed by atoms with Gasteiger partial charge in [-0.3, -0.25) is 15.2 Å². The number of sulfonamides is 1. The third-order valence-electron chi connectivity index (χ3n) is 6.81. The molecule has 39 heavy (non-hydrogen) atoms. The third-order valence-corrected chi connectivity index (χ3v) is 8.69. The Labute approximate surface area is 226 Å². The van der Waals surface area contributed by atoms with Gasteiger partial charge in [0.1, 0.15) is 10.6 Å². The number of H-pyrrole nitrogens is 1. The highest BCUT2D eigenvalue weighted by atomic mass is 32.2. The van der Waals surface area contributed by atoms with E-state index in [1.165, 1.54) is 16.6 Å². The highest BCUT2D eigenvalue weighted by Crippen LogP contribution is 2.36. The summed E-state index contributed by atoms with van der Waals surface area (Å²) in [5, 5.41) is 11.2. The van der Waals surface area contributed by atoms with Gasteiger partial charge in [0, 0.05) is 61.0 Å². The van der Waals surface area contributed by atoms with Crippen molar-refractivity contribution >= 4 is 26.8 Å². The summed E-state index contributed by atoms with van der Waals surface area (Å²) in [6, 6.07) is 15.5. The molecule has 5 rings (SSSR count). The smallest absolute Gasteiger partial charge is 0.265 e. The number of piperazine rings is 1. The molecule has 11 nitrogen and oxygen atoms in total. The number of pyridine rings is 1. The second-order valence-corrected chi connectivity index (χ2v) is 11.3. The van der Waals surface area contributed by atoms with Crippen molar-refractivity contribution < 1.29 is 23.1 Å². The fourth-order valence-electron chi connectivity index (χ4n) is 4.58. The molecule has 1 saturated heterocycles. The van der Waals surface area contributed by atoms with Crippen molar-refractivity contribution in [3.63, 3.8) is 0 Å². The second kappa shape index (κ2) is 11.0. The van der Waals surface area contributed by atoms with Gasteiger partial charge < -0.3 is 19.7 Å². The number of hydrogen-bond donors (Lipinski definition) is 4. The summed E-state index contributed by atoms with van der Waals surface area (Å²) in [6.45, 7) is 2.53. The SMILES string of the molecule is COc1ccccc1CNNC(=O)c1ccc2[nH]c(O)c(-c3ccc(S(=O)(=O)N4CCN(C)CC4)cn3)c2c1. The Hall–Kier alpha value is -3.97. The summed E-state index contributed by atoms with van der Waals surface area (Å²) >= 11 is 0. The number of likely N-dealkylation sites (N-methyl/N-ethyl adjacent to an activating group) is 1. The molecule has 1 aliphatic rings. The van der Waals surface area contributed by atoms with Crippen LogP contribution in [0.3, 0.4) is 0 Å². The van der Waals surface area contributed by atoms with Crippen molar-refractivity contribution in [1.29, 1.82) is 0 Å². The average molecular weight is 551 g/mol. The number of benzene rings is 2. The Morgan fingerprint density at radius 3 is 2.59 bits per heavy atom. The van der Waals surface area contributed by atoms with E-state index in [4.69, 9.17) is 4.74 Å². The number of ether oxygens (including phenoxy) is 1. The van der Waals surface area contributed by atoms with Crippen LogP contribution in [0.2, 0.25) is 0 Å². The van der Waals surface area contributed by atoms with Crippen LogP contribution in [0.25, 0.3) is 22.2 Å². The lowest BCUT2D eigenvalue weighted by Crippen LogP contribution is -2.47. The lowest BCUT2D eigenvalue weighted by Gasteiger charge is -2.31. The van der Waals surface area contributed by atoms with Crippen molar-refractivity contribution in [3.05, 3.63) is 71.9 Å². The average Bonchev–Trinajstić information content (AvgIpc) is 3.28. The Morgan fingerprint density at radius 2 is 1.87 bits per heavy atom. The summed E-state index contributed by atoms with van der Waals surface area (Å²) < 4.78 is 32.9. The number of hydrazine groups is 1. The number of nitrogens with zero attached hydrogens (tertiary/aromatic N) is 3. The van der Waals surface area contributed by atoms with Crippen LogP contribution in [0, 0.1) is 0 Å². The van der Waals surface area contributed by atoms with Crippen LogP contribution in [0.5, 0.6) is 11.6 Å². The van der Waals surface area contributed by atoms with Crippen LogP contribution in [0.1, 0.15) is 15.9 Å². The molecule has 1 fully saturated rings. The Bertz CT molecular complexity index is 1590. The van der Waals surface area contributed by atoms with E-state index in [0.29, 0.717) is 66.2 Å². The quantitative estimate of drug-likeness (QED) is 0.245. The fourth-order valence-corrected chi connectivity index (χ4v) is 5.95. The third kappa shape index (κ3) is 5.45. The first kappa shape index (κ1) is 26.6. The summed E-state index contributed by atoms with van der Waals surface area (Å²) in [5.41, 5.74) is 8.21. The number of fused-ring (bicyclic) bond motifs is 1. The molecule has 0 atom stereocenters. The van der Waals surface area contributed by atoms with Gasteiger partial charge in [0.25, 0.3) is 5.91 Å². The number of nitrogens with one attached hydrogen (secondary N) is 3. The summed E-state index contributed by atoms with van der Waals surface area (Å²) in [4.78, 5) is 22.3. The minimum absolute atomic E-state index is 0.0938. The Kier molecular flexibility index (Phi) is 7.53. The number of aromatic hydroxyl groups is 1. The number of carbonyl (C=O) groups excluding carboxylic acids is 1. The molecule has 204 valence electrons. The van der Waals surface area contributed by atoms with E-state index in [0.717, 1.165) is 5.56 Å². The number of methoxy groups -OCH3 is 1. The minimum Gasteiger partial charge on any atom is -0.496 e. The largest absolute Gasteiger partial charge is 0.496 e. The first-order valence-electron chi connectivity index (χ1n) is 12.4. The van der Waals surface area contributed by atoms with E-state index in [1.807, 2.05) is 31.3 Å². The topological polar surface area (TPSA) is 140 Å². The van der Waals surface area contributed by atoms with Crippen LogP contribution in [0.15, 0.2) is 65.7 Å². The predicted octanol–water partition coefficient (Wildman–Crippen LogP) is 2.31. The molecule has 4 N–H and O–H groups in total. The van der Waals surface area contributed by atoms with Gasteiger partial charge in [-0.05, 0) is 43.4 Å². The zero-order chi connectivity index (χ0) is 27.6. The molecule has 0 aliphatic carbocycles. The molecule has 0 spiro atoms. The van der Waals surface area contributed by atoms with E-state index in [-0.39, 0.29) is 16.7 Å². The molecular formula is C27H30N6O5S. The molecule has 1 amide bonds. The molecule has 4 aromatic rings. The van der Waals surface area contributed by atoms with Crippen LogP contribution in [-0.2, 0) is 16.6 Å². The van der Waals surface area contributed by atoms with Crippen molar-refractivity contribution in [2.24, 2.45) is 0 Å². The standard InChI is InChI=1S/C27H30N6O5S/c1-32-11-13-33(14-12-32)39(36,37)20-8-10-23(28-17-20)25-21-15-18(7-9-22(21)30-27(25)35)26(34)31-29-16-19-5-3-4-6-24(19)38-2/h3-10,15,17,29-30,35H,11-14,16H2,1-2H3,(H,31,34). The minimum atomic E-state index is -3.67.